The van der Waals surface area contributed by atoms with Crippen molar-refractivity contribution in [2.24, 2.45) is 10.8 Å². The molecule has 0 aliphatic carbocycles. The van der Waals surface area contributed by atoms with E-state index >= 15 is 0 Å². The van der Waals surface area contributed by atoms with E-state index in [1.54, 1.807) is 78.0 Å². The lowest BCUT2D eigenvalue weighted by atomic mass is 9.76. The van der Waals surface area contributed by atoms with E-state index in [4.69, 9.17) is 14.2 Å². The molecule has 0 bridgehead atoms. The highest BCUT2D eigenvalue weighted by molar-refractivity contribution is 6.07. The molecule has 238 valence electrons. The number of hydrogen-bond acceptors (Lipinski definition) is 6. The zero-order chi connectivity index (χ0) is 33.8. The van der Waals surface area contributed by atoms with Crippen molar-refractivity contribution in [2.45, 2.75) is 100 Å². The van der Waals surface area contributed by atoms with Gasteiger partial charge in [-0.3, -0.25) is 14.4 Å². The van der Waals surface area contributed by atoms with Crippen molar-refractivity contribution in [1.29, 1.82) is 0 Å². The van der Waals surface area contributed by atoms with Gasteiger partial charge in [0.15, 0.2) is 5.78 Å². The fourth-order valence-corrected chi connectivity index (χ4v) is 3.92. The monoisotopic (exact) mass is 602 g/mol. The maximum absolute atomic E-state index is 13.4. The van der Waals surface area contributed by atoms with E-state index in [0.29, 0.717) is 28.4 Å². The van der Waals surface area contributed by atoms with Gasteiger partial charge in [0, 0.05) is 27.5 Å². The molecule has 6 heteroatoms. The third-order valence-electron chi connectivity index (χ3n) is 7.20. The fraction of sp³-hybridized carbons (Fsp3) is 0.447. The summed E-state index contributed by atoms with van der Waals surface area (Å²) in [5, 5.41) is 0. The summed E-state index contributed by atoms with van der Waals surface area (Å²) >= 11 is 0. The molecular formula is C38H50O6. The van der Waals surface area contributed by atoms with E-state index in [1.165, 1.54) is 6.08 Å². The van der Waals surface area contributed by atoms with Gasteiger partial charge in [0.2, 0.25) is 0 Å². The summed E-state index contributed by atoms with van der Waals surface area (Å²) in [5.74, 6) is 0.0740. The SMILES string of the molecule is C=CC(C)(C)c1cc(C(C)(C)C=C)c(OC(C)C)c(C=CC(=O)c2ccc(OC(=O)C(C)(C)C)cc2)c1OC(=O)C(C)(C)C. The molecule has 44 heavy (non-hydrogen) atoms. The van der Waals surface area contributed by atoms with Crippen LogP contribution in [0.15, 0.2) is 61.7 Å². The minimum atomic E-state index is -0.789. The third kappa shape index (κ3) is 8.81. The van der Waals surface area contributed by atoms with Crippen LogP contribution < -0.4 is 14.2 Å². The first-order chi connectivity index (χ1) is 20.0. The quantitative estimate of drug-likeness (QED) is 0.0839. The van der Waals surface area contributed by atoms with E-state index in [9.17, 15) is 14.4 Å². The Morgan fingerprint density at radius 2 is 1.16 bits per heavy atom. The van der Waals surface area contributed by atoms with Crippen molar-refractivity contribution in [3.05, 3.63) is 84.0 Å². The van der Waals surface area contributed by atoms with Crippen molar-refractivity contribution in [3.63, 3.8) is 0 Å². The zero-order valence-electron chi connectivity index (χ0n) is 28.6. The molecule has 0 aliphatic heterocycles. The summed E-state index contributed by atoms with van der Waals surface area (Å²) in [5.41, 5.74) is -0.166. The summed E-state index contributed by atoms with van der Waals surface area (Å²) in [6, 6.07) is 8.38. The first-order valence-corrected chi connectivity index (χ1v) is 15.0. The first-order valence-electron chi connectivity index (χ1n) is 15.0. The predicted molar refractivity (Wildman–Crippen MR) is 179 cm³/mol. The molecule has 0 N–H and O–H groups in total. The molecular weight excluding hydrogens is 552 g/mol. The van der Waals surface area contributed by atoms with Crippen LogP contribution >= 0.6 is 0 Å². The highest BCUT2D eigenvalue weighted by atomic mass is 16.5. The predicted octanol–water partition coefficient (Wildman–Crippen LogP) is 9.20. The summed E-state index contributed by atoms with van der Waals surface area (Å²) in [6.07, 6.45) is 6.50. The molecule has 0 aliphatic rings. The number of esters is 2. The van der Waals surface area contributed by atoms with Gasteiger partial charge in [0.05, 0.1) is 22.5 Å². The van der Waals surface area contributed by atoms with Gasteiger partial charge >= 0.3 is 11.9 Å². The van der Waals surface area contributed by atoms with Crippen LogP contribution in [0.3, 0.4) is 0 Å². The number of ether oxygens (including phenoxy) is 3. The average Bonchev–Trinajstić information content (AvgIpc) is 2.91. The molecule has 2 aromatic rings. The van der Waals surface area contributed by atoms with E-state index in [-0.39, 0.29) is 17.9 Å². The summed E-state index contributed by atoms with van der Waals surface area (Å²) in [7, 11) is 0. The Morgan fingerprint density at radius 3 is 1.59 bits per heavy atom. The number of hydrogen-bond donors (Lipinski definition) is 0. The molecule has 0 unspecified atom stereocenters. The Labute approximate surface area is 264 Å². The van der Waals surface area contributed by atoms with Gasteiger partial charge < -0.3 is 14.2 Å². The lowest BCUT2D eigenvalue weighted by Gasteiger charge is -2.33. The van der Waals surface area contributed by atoms with Gasteiger partial charge in [0.25, 0.3) is 0 Å². The van der Waals surface area contributed by atoms with Gasteiger partial charge in [0.1, 0.15) is 17.2 Å². The number of carbonyl (C=O) groups is 3. The second-order valence-electron chi connectivity index (χ2n) is 14.6. The molecule has 0 aromatic heterocycles. The van der Waals surface area contributed by atoms with Gasteiger partial charge in [-0.2, -0.15) is 0 Å². The fourth-order valence-electron chi connectivity index (χ4n) is 3.92. The molecule has 0 amide bonds. The van der Waals surface area contributed by atoms with Gasteiger partial charge in [-0.25, -0.2) is 0 Å². The molecule has 0 saturated heterocycles. The lowest BCUT2D eigenvalue weighted by Crippen LogP contribution is -2.29. The van der Waals surface area contributed by atoms with E-state index in [2.05, 4.69) is 13.2 Å². The first kappa shape index (κ1) is 36.3. The van der Waals surface area contributed by atoms with Crippen molar-refractivity contribution in [2.75, 3.05) is 0 Å². The van der Waals surface area contributed by atoms with Crippen LogP contribution in [-0.4, -0.2) is 23.8 Å². The van der Waals surface area contributed by atoms with Crippen LogP contribution in [0.5, 0.6) is 17.2 Å². The Kier molecular flexibility index (Phi) is 11.0. The minimum absolute atomic E-state index is 0.218. The number of rotatable bonds is 11. The lowest BCUT2D eigenvalue weighted by molar-refractivity contribution is -0.143. The van der Waals surface area contributed by atoms with Crippen LogP contribution in [-0.2, 0) is 20.4 Å². The number of carbonyl (C=O) groups excluding carboxylic acids is 3. The maximum atomic E-state index is 13.4. The van der Waals surface area contributed by atoms with Crippen LogP contribution in [0, 0.1) is 10.8 Å². The Hall–Kier alpha value is -3.93. The number of ketones is 1. The molecule has 2 rings (SSSR count). The largest absolute Gasteiger partial charge is 0.490 e. The Morgan fingerprint density at radius 1 is 0.705 bits per heavy atom. The van der Waals surface area contributed by atoms with E-state index < -0.39 is 27.6 Å². The smallest absolute Gasteiger partial charge is 0.316 e. The standard InChI is InChI=1S/C38H50O6/c1-15-37(11,12)28-23-29(38(13,14)16-2)32(44-34(41)36(8,9)10)27(31(28)42-24(3)4)21-22-30(39)25-17-19-26(20-18-25)43-33(40)35(5,6)7/h15-24H,1-2H2,3-14H3. The van der Waals surface area contributed by atoms with E-state index in [0.717, 1.165) is 11.1 Å². The molecule has 2 aromatic carbocycles. The van der Waals surface area contributed by atoms with Crippen molar-refractivity contribution < 1.29 is 28.6 Å². The number of benzene rings is 2. The minimum Gasteiger partial charge on any atom is -0.490 e. The van der Waals surface area contributed by atoms with Crippen LogP contribution in [0.25, 0.3) is 6.08 Å². The van der Waals surface area contributed by atoms with Crippen molar-refractivity contribution in [3.8, 4) is 17.2 Å². The summed E-state index contributed by atoms with van der Waals surface area (Å²) < 4.78 is 18.0. The maximum Gasteiger partial charge on any atom is 0.316 e. The highest BCUT2D eigenvalue weighted by Gasteiger charge is 2.35. The van der Waals surface area contributed by atoms with E-state index in [1.807, 2.05) is 53.7 Å². The molecule has 0 radical (unpaired) electrons. The molecule has 0 heterocycles. The Bertz CT molecular complexity index is 1440. The molecule has 0 fully saturated rings. The topological polar surface area (TPSA) is 78.9 Å². The molecule has 6 nitrogen and oxygen atoms in total. The normalized spacial score (nSPS) is 12.7. The summed E-state index contributed by atoms with van der Waals surface area (Å²) in [6.45, 7) is 30.7. The molecule has 0 saturated carbocycles. The van der Waals surface area contributed by atoms with Gasteiger partial charge in [-0.05, 0) is 97.9 Å². The van der Waals surface area contributed by atoms with Crippen molar-refractivity contribution >= 4 is 23.8 Å². The van der Waals surface area contributed by atoms with Gasteiger partial charge in [-0.15, -0.1) is 13.2 Å². The summed E-state index contributed by atoms with van der Waals surface area (Å²) in [4.78, 5) is 39.0. The van der Waals surface area contributed by atoms with Crippen LogP contribution in [0.4, 0.5) is 0 Å². The second-order valence-corrected chi connectivity index (χ2v) is 14.6. The van der Waals surface area contributed by atoms with Crippen molar-refractivity contribution in [1.82, 2.24) is 0 Å². The highest BCUT2D eigenvalue weighted by Crippen LogP contribution is 2.47. The molecule has 0 atom stereocenters. The second kappa shape index (κ2) is 13.4. The Balaban J connectivity index is 2.83. The molecule has 0 spiro atoms. The van der Waals surface area contributed by atoms with Gasteiger partial charge in [-0.1, -0.05) is 39.8 Å². The average molecular weight is 603 g/mol. The number of allylic oxidation sites excluding steroid dienone is 3. The van der Waals surface area contributed by atoms with Crippen LogP contribution in [0.1, 0.15) is 110 Å². The van der Waals surface area contributed by atoms with Crippen LogP contribution in [0.2, 0.25) is 0 Å². The third-order valence-corrected chi connectivity index (χ3v) is 7.20. The zero-order valence-corrected chi connectivity index (χ0v) is 28.6.